The van der Waals surface area contributed by atoms with Gasteiger partial charge in [0.1, 0.15) is 11.3 Å². The van der Waals surface area contributed by atoms with E-state index in [9.17, 15) is 14.9 Å². The summed E-state index contributed by atoms with van der Waals surface area (Å²) in [6, 6.07) is 4.36. The van der Waals surface area contributed by atoms with Crippen LogP contribution in [0, 0.1) is 10.1 Å². The molecule has 0 atom stereocenters. The summed E-state index contributed by atoms with van der Waals surface area (Å²) in [7, 11) is 0. The van der Waals surface area contributed by atoms with Gasteiger partial charge in [0.25, 0.3) is 5.91 Å². The number of carbonyl (C=O) groups excluding carboxylic acids is 1. The second-order valence-corrected chi connectivity index (χ2v) is 3.99. The molecule has 0 bridgehead atoms. The van der Waals surface area contributed by atoms with Gasteiger partial charge in [-0.05, 0) is 25.0 Å². The molecule has 0 aliphatic carbocycles. The van der Waals surface area contributed by atoms with Crippen molar-refractivity contribution in [1.82, 2.24) is 5.32 Å². The summed E-state index contributed by atoms with van der Waals surface area (Å²) in [5.74, 6) is -0.456. The first-order chi connectivity index (χ1) is 8.51. The minimum Gasteiger partial charge on any atom is -0.393 e. The number of nitro groups is 1. The molecule has 3 N–H and O–H groups in total. The Hall–Kier alpha value is -2.11. The molecule has 0 saturated carbocycles. The topological polar surface area (TPSA) is 98.3 Å². The molecule has 1 rings (SSSR count). The standard InChI is InChI=1S/C12H17N3O3/c1-3-8(4-2)14-12(16)9-6-5-7-10(13)11(9)15(17)18/h5-8H,3-4,13H2,1-2H3,(H,14,16). The van der Waals surface area contributed by atoms with Crippen molar-refractivity contribution >= 4 is 17.3 Å². The quantitative estimate of drug-likeness (QED) is 0.475. The van der Waals surface area contributed by atoms with Gasteiger partial charge in [0.05, 0.1) is 4.92 Å². The average molecular weight is 251 g/mol. The minimum atomic E-state index is -0.628. The smallest absolute Gasteiger partial charge is 0.304 e. The van der Waals surface area contributed by atoms with Crippen LogP contribution in [0.3, 0.4) is 0 Å². The van der Waals surface area contributed by atoms with Crippen molar-refractivity contribution in [2.45, 2.75) is 32.7 Å². The summed E-state index contributed by atoms with van der Waals surface area (Å²) in [5, 5.41) is 13.7. The normalized spacial score (nSPS) is 10.4. The van der Waals surface area contributed by atoms with E-state index in [0.717, 1.165) is 12.8 Å². The van der Waals surface area contributed by atoms with E-state index in [0.29, 0.717) is 0 Å². The molecule has 0 spiro atoms. The number of para-hydroxylation sites is 1. The third-order valence-electron chi connectivity index (χ3n) is 2.82. The van der Waals surface area contributed by atoms with Gasteiger partial charge in [0.15, 0.2) is 0 Å². The van der Waals surface area contributed by atoms with Crippen LogP contribution in [0.1, 0.15) is 37.0 Å². The highest BCUT2D eigenvalue weighted by molar-refractivity contribution is 6.00. The van der Waals surface area contributed by atoms with Gasteiger partial charge >= 0.3 is 5.69 Å². The molecule has 0 aliphatic rings. The summed E-state index contributed by atoms with van der Waals surface area (Å²) >= 11 is 0. The average Bonchev–Trinajstić information content (AvgIpc) is 2.34. The number of amides is 1. The molecule has 0 unspecified atom stereocenters. The zero-order chi connectivity index (χ0) is 13.7. The molecule has 0 radical (unpaired) electrons. The fourth-order valence-corrected chi connectivity index (χ4v) is 1.70. The third-order valence-corrected chi connectivity index (χ3v) is 2.82. The zero-order valence-electron chi connectivity index (χ0n) is 10.5. The van der Waals surface area contributed by atoms with E-state index in [-0.39, 0.29) is 23.0 Å². The molecule has 0 heterocycles. The molecule has 0 saturated heterocycles. The highest BCUT2D eigenvalue weighted by Crippen LogP contribution is 2.25. The number of nitro benzene ring substituents is 1. The van der Waals surface area contributed by atoms with Crippen molar-refractivity contribution in [3.63, 3.8) is 0 Å². The largest absolute Gasteiger partial charge is 0.393 e. The molecule has 1 aromatic carbocycles. The van der Waals surface area contributed by atoms with Gasteiger partial charge in [0, 0.05) is 6.04 Å². The number of nitrogens with two attached hydrogens (primary N) is 1. The number of nitrogens with one attached hydrogen (secondary N) is 1. The number of anilines is 1. The second-order valence-electron chi connectivity index (χ2n) is 3.99. The molecule has 1 amide bonds. The summed E-state index contributed by atoms with van der Waals surface area (Å²) in [6.45, 7) is 3.89. The number of nitrogens with zero attached hydrogens (tertiary/aromatic N) is 1. The van der Waals surface area contributed by atoms with E-state index in [1.165, 1.54) is 18.2 Å². The van der Waals surface area contributed by atoms with E-state index in [2.05, 4.69) is 5.32 Å². The summed E-state index contributed by atoms with van der Waals surface area (Å²) in [4.78, 5) is 22.3. The Kier molecular flexibility index (Phi) is 4.65. The van der Waals surface area contributed by atoms with Gasteiger partial charge in [-0.3, -0.25) is 14.9 Å². The van der Waals surface area contributed by atoms with Crippen LogP contribution in [0.2, 0.25) is 0 Å². The lowest BCUT2D eigenvalue weighted by Crippen LogP contribution is -2.34. The van der Waals surface area contributed by atoms with Crippen LogP contribution in [0.5, 0.6) is 0 Å². The lowest BCUT2D eigenvalue weighted by molar-refractivity contribution is -0.384. The van der Waals surface area contributed by atoms with E-state index < -0.39 is 10.8 Å². The summed E-state index contributed by atoms with van der Waals surface area (Å²) in [6.07, 6.45) is 1.55. The van der Waals surface area contributed by atoms with Crippen molar-refractivity contribution in [1.29, 1.82) is 0 Å². The minimum absolute atomic E-state index is 0.00260. The molecular weight excluding hydrogens is 234 g/mol. The first-order valence-electron chi connectivity index (χ1n) is 5.84. The molecule has 0 fully saturated rings. The van der Waals surface area contributed by atoms with Gasteiger partial charge in [-0.1, -0.05) is 19.9 Å². The highest BCUT2D eigenvalue weighted by Gasteiger charge is 2.23. The van der Waals surface area contributed by atoms with Crippen molar-refractivity contribution in [3.8, 4) is 0 Å². The third kappa shape index (κ3) is 2.97. The van der Waals surface area contributed by atoms with Crippen molar-refractivity contribution in [2.24, 2.45) is 0 Å². The van der Waals surface area contributed by atoms with Gasteiger partial charge in [0.2, 0.25) is 0 Å². The lowest BCUT2D eigenvalue weighted by atomic mass is 10.1. The first-order valence-corrected chi connectivity index (χ1v) is 5.84. The number of rotatable bonds is 5. The van der Waals surface area contributed by atoms with Crippen molar-refractivity contribution in [2.75, 3.05) is 5.73 Å². The Balaban J connectivity index is 3.06. The Morgan fingerprint density at radius 2 is 2.06 bits per heavy atom. The Morgan fingerprint density at radius 3 is 2.56 bits per heavy atom. The van der Waals surface area contributed by atoms with Gasteiger partial charge < -0.3 is 11.1 Å². The molecule has 0 aromatic heterocycles. The van der Waals surface area contributed by atoms with Gasteiger partial charge in [-0.15, -0.1) is 0 Å². The predicted octanol–water partition coefficient (Wildman–Crippen LogP) is 2.10. The number of nitrogen functional groups attached to an aromatic ring is 1. The van der Waals surface area contributed by atoms with Crippen LogP contribution in [0.4, 0.5) is 11.4 Å². The van der Waals surface area contributed by atoms with Crippen LogP contribution >= 0.6 is 0 Å². The number of hydrogen-bond acceptors (Lipinski definition) is 4. The first kappa shape index (κ1) is 14.0. The predicted molar refractivity (Wildman–Crippen MR) is 69.3 cm³/mol. The van der Waals surface area contributed by atoms with Gasteiger partial charge in [-0.25, -0.2) is 0 Å². The molecule has 18 heavy (non-hydrogen) atoms. The maximum Gasteiger partial charge on any atom is 0.304 e. The molecule has 98 valence electrons. The summed E-state index contributed by atoms with van der Waals surface area (Å²) in [5.41, 5.74) is 5.21. The molecular formula is C12H17N3O3. The Morgan fingerprint density at radius 1 is 1.44 bits per heavy atom. The van der Waals surface area contributed by atoms with Crippen molar-refractivity contribution < 1.29 is 9.72 Å². The number of benzene rings is 1. The van der Waals surface area contributed by atoms with Crippen LogP contribution in [-0.2, 0) is 0 Å². The van der Waals surface area contributed by atoms with Crippen LogP contribution in [0.25, 0.3) is 0 Å². The zero-order valence-corrected chi connectivity index (χ0v) is 10.5. The highest BCUT2D eigenvalue weighted by atomic mass is 16.6. The maximum absolute atomic E-state index is 12.0. The molecule has 1 aromatic rings. The molecule has 6 heteroatoms. The van der Waals surface area contributed by atoms with E-state index in [1.54, 1.807) is 0 Å². The monoisotopic (exact) mass is 251 g/mol. The van der Waals surface area contributed by atoms with Crippen LogP contribution in [0.15, 0.2) is 18.2 Å². The Bertz CT molecular complexity index is 456. The van der Waals surface area contributed by atoms with E-state index in [1.807, 2.05) is 13.8 Å². The Labute approximate surface area is 105 Å². The molecule has 6 nitrogen and oxygen atoms in total. The van der Waals surface area contributed by atoms with Crippen molar-refractivity contribution in [3.05, 3.63) is 33.9 Å². The SMILES string of the molecule is CCC(CC)NC(=O)c1cccc(N)c1[N+](=O)[O-]. The fourth-order valence-electron chi connectivity index (χ4n) is 1.70. The molecule has 0 aliphatic heterocycles. The second kappa shape index (κ2) is 6.00. The fraction of sp³-hybridized carbons (Fsp3) is 0.417. The van der Waals surface area contributed by atoms with Crippen LogP contribution in [-0.4, -0.2) is 16.9 Å². The number of hydrogen-bond donors (Lipinski definition) is 2. The van der Waals surface area contributed by atoms with Gasteiger partial charge in [-0.2, -0.15) is 0 Å². The van der Waals surface area contributed by atoms with E-state index >= 15 is 0 Å². The van der Waals surface area contributed by atoms with Crippen LogP contribution < -0.4 is 11.1 Å². The number of carbonyl (C=O) groups is 1. The summed E-state index contributed by atoms with van der Waals surface area (Å²) < 4.78 is 0. The lowest BCUT2D eigenvalue weighted by Gasteiger charge is -2.14. The maximum atomic E-state index is 12.0. The van der Waals surface area contributed by atoms with E-state index in [4.69, 9.17) is 5.73 Å².